The lowest BCUT2D eigenvalue weighted by molar-refractivity contribution is 0.414. The summed E-state index contributed by atoms with van der Waals surface area (Å²) in [6.07, 6.45) is 0. The molecule has 0 bridgehead atoms. The number of anilines is 1. The maximum atomic E-state index is 6.09. The van der Waals surface area contributed by atoms with Crippen LogP contribution in [0.2, 0.25) is 10.0 Å². The van der Waals surface area contributed by atoms with Gasteiger partial charge in [0, 0.05) is 6.54 Å². The number of hydrogen-bond donors (Lipinski definition) is 2. The predicted molar refractivity (Wildman–Crippen MR) is 92.5 cm³/mol. The lowest BCUT2D eigenvalue weighted by Gasteiger charge is -2.12. The zero-order chi connectivity index (χ0) is 15.2. The minimum atomic E-state index is 0.452. The second kappa shape index (κ2) is 7.50. The zero-order valence-electron chi connectivity index (χ0n) is 11.3. The van der Waals surface area contributed by atoms with Gasteiger partial charge in [-0.1, -0.05) is 41.4 Å². The van der Waals surface area contributed by atoms with E-state index in [4.69, 9.17) is 40.2 Å². The Kier molecular flexibility index (Phi) is 5.67. The molecule has 0 aliphatic heterocycles. The summed E-state index contributed by atoms with van der Waals surface area (Å²) >= 11 is 17.3. The highest BCUT2D eigenvalue weighted by atomic mass is 35.5. The van der Waals surface area contributed by atoms with Crippen molar-refractivity contribution in [3.05, 3.63) is 58.1 Å². The number of methoxy groups -OCH3 is 1. The van der Waals surface area contributed by atoms with Crippen LogP contribution < -0.4 is 15.4 Å². The largest absolute Gasteiger partial charge is 0.497 e. The molecule has 0 aliphatic carbocycles. The first kappa shape index (κ1) is 15.9. The average Bonchev–Trinajstić information content (AvgIpc) is 2.50. The molecule has 0 saturated heterocycles. The lowest BCUT2D eigenvalue weighted by Crippen LogP contribution is -2.28. The summed E-state index contributed by atoms with van der Waals surface area (Å²) in [6.45, 7) is 0.605. The third kappa shape index (κ3) is 4.49. The molecule has 0 spiro atoms. The van der Waals surface area contributed by atoms with Crippen LogP contribution in [0, 0.1) is 0 Å². The van der Waals surface area contributed by atoms with Crippen LogP contribution in [0.15, 0.2) is 42.5 Å². The van der Waals surface area contributed by atoms with Gasteiger partial charge >= 0.3 is 0 Å². The Morgan fingerprint density at radius 3 is 2.52 bits per heavy atom. The van der Waals surface area contributed by atoms with Crippen molar-refractivity contribution in [2.24, 2.45) is 0 Å². The van der Waals surface area contributed by atoms with Crippen molar-refractivity contribution >= 4 is 46.2 Å². The molecule has 0 saturated carbocycles. The highest BCUT2D eigenvalue weighted by Crippen LogP contribution is 2.29. The third-order valence-electron chi connectivity index (χ3n) is 2.81. The van der Waals surface area contributed by atoms with Crippen LogP contribution in [0.1, 0.15) is 5.56 Å². The first-order chi connectivity index (χ1) is 10.1. The van der Waals surface area contributed by atoms with E-state index in [-0.39, 0.29) is 0 Å². The van der Waals surface area contributed by atoms with Gasteiger partial charge in [0.25, 0.3) is 0 Å². The van der Waals surface area contributed by atoms with Gasteiger partial charge in [-0.2, -0.15) is 0 Å². The van der Waals surface area contributed by atoms with Crippen LogP contribution in [0.4, 0.5) is 5.69 Å². The molecule has 110 valence electrons. The molecule has 0 radical (unpaired) electrons. The molecule has 2 N–H and O–H groups in total. The van der Waals surface area contributed by atoms with E-state index in [1.807, 2.05) is 36.4 Å². The Morgan fingerprint density at radius 1 is 1.14 bits per heavy atom. The van der Waals surface area contributed by atoms with Gasteiger partial charge in [0.2, 0.25) is 0 Å². The predicted octanol–water partition coefficient (Wildman–Crippen LogP) is 4.49. The summed E-state index contributed by atoms with van der Waals surface area (Å²) in [5.41, 5.74) is 1.77. The van der Waals surface area contributed by atoms with Crippen molar-refractivity contribution in [3.8, 4) is 5.75 Å². The molecule has 0 fully saturated rings. The molecule has 0 aliphatic rings. The fraction of sp³-hybridized carbons (Fsp3) is 0.133. The highest BCUT2D eigenvalue weighted by Gasteiger charge is 2.05. The molecular weight excluding hydrogens is 327 g/mol. The normalized spacial score (nSPS) is 10.0. The van der Waals surface area contributed by atoms with Crippen molar-refractivity contribution in [1.29, 1.82) is 0 Å². The molecule has 0 atom stereocenters. The van der Waals surface area contributed by atoms with Gasteiger partial charge in [-0.25, -0.2) is 0 Å². The number of ether oxygens (including phenoxy) is 1. The minimum Gasteiger partial charge on any atom is -0.497 e. The van der Waals surface area contributed by atoms with E-state index in [9.17, 15) is 0 Å². The smallest absolute Gasteiger partial charge is 0.171 e. The van der Waals surface area contributed by atoms with Gasteiger partial charge in [-0.3, -0.25) is 0 Å². The summed E-state index contributed by atoms with van der Waals surface area (Å²) in [7, 11) is 1.64. The number of halogens is 2. The number of hydrogen-bond acceptors (Lipinski definition) is 2. The van der Waals surface area contributed by atoms with Gasteiger partial charge in [0.15, 0.2) is 5.11 Å². The molecule has 2 aromatic carbocycles. The van der Waals surface area contributed by atoms with Crippen LogP contribution >= 0.6 is 35.4 Å². The Labute approximate surface area is 139 Å². The van der Waals surface area contributed by atoms with Crippen molar-refractivity contribution in [3.63, 3.8) is 0 Å². The summed E-state index contributed by atoms with van der Waals surface area (Å²) in [5.74, 6) is 0.824. The van der Waals surface area contributed by atoms with Crippen LogP contribution in [0.25, 0.3) is 0 Å². The zero-order valence-corrected chi connectivity index (χ0v) is 13.6. The SMILES string of the molecule is COc1ccc(CNC(=S)Nc2cccc(Cl)c2Cl)cc1. The van der Waals surface area contributed by atoms with Crippen molar-refractivity contribution < 1.29 is 4.74 Å². The molecule has 2 aromatic rings. The summed E-state index contributed by atoms with van der Waals surface area (Å²) in [6, 6.07) is 13.1. The van der Waals surface area contributed by atoms with E-state index in [1.165, 1.54) is 0 Å². The van der Waals surface area contributed by atoms with Gasteiger partial charge < -0.3 is 15.4 Å². The Morgan fingerprint density at radius 2 is 1.86 bits per heavy atom. The standard InChI is InChI=1S/C15H14Cl2N2OS/c1-20-11-7-5-10(6-8-11)9-18-15(21)19-13-4-2-3-12(16)14(13)17/h2-8H,9H2,1H3,(H2,18,19,21). The van der Waals surface area contributed by atoms with Gasteiger partial charge in [0.1, 0.15) is 5.75 Å². The van der Waals surface area contributed by atoms with E-state index in [0.717, 1.165) is 11.3 Å². The van der Waals surface area contributed by atoms with E-state index in [1.54, 1.807) is 13.2 Å². The summed E-state index contributed by atoms with van der Waals surface area (Å²) in [4.78, 5) is 0. The number of rotatable bonds is 4. The van der Waals surface area contributed by atoms with Crippen molar-refractivity contribution in [2.45, 2.75) is 6.54 Å². The van der Waals surface area contributed by atoms with E-state index < -0.39 is 0 Å². The van der Waals surface area contributed by atoms with E-state index in [2.05, 4.69) is 10.6 Å². The topological polar surface area (TPSA) is 33.3 Å². The lowest BCUT2D eigenvalue weighted by atomic mass is 10.2. The Hall–Kier alpha value is -1.49. The number of benzene rings is 2. The Bertz CT molecular complexity index is 632. The second-order valence-electron chi connectivity index (χ2n) is 4.26. The van der Waals surface area contributed by atoms with Crippen LogP contribution in [0.3, 0.4) is 0 Å². The van der Waals surface area contributed by atoms with Crippen LogP contribution in [-0.4, -0.2) is 12.2 Å². The number of nitrogens with one attached hydrogen (secondary N) is 2. The van der Waals surface area contributed by atoms with Gasteiger partial charge in [-0.15, -0.1) is 0 Å². The molecular formula is C15H14Cl2N2OS. The van der Waals surface area contributed by atoms with Crippen LogP contribution in [0.5, 0.6) is 5.75 Å². The van der Waals surface area contributed by atoms with E-state index >= 15 is 0 Å². The third-order valence-corrected chi connectivity index (χ3v) is 3.88. The molecule has 2 rings (SSSR count). The molecule has 0 unspecified atom stereocenters. The molecule has 21 heavy (non-hydrogen) atoms. The maximum Gasteiger partial charge on any atom is 0.171 e. The number of thiocarbonyl (C=S) groups is 1. The van der Waals surface area contributed by atoms with Crippen molar-refractivity contribution in [1.82, 2.24) is 5.32 Å². The molecule has 6 heteroatoms. The Balaban J connectivity index is 1.91. The maximum absolute atomic E-state index is 6.09. The molecule has 0 aromatic heterocycles. The fourth-order valence-corrected chi connectivity index (χ4v) is 2.22. The molecule has 0 heterocycles. The molecule has 3 nitrogen and oxygen atoms in total. The monoisotopic (exact) mass is 340 g/mol. The molecule has 0 amide bonds. The summed E-state index contributed by atoms with van der Waals surface area (Å²) in [5, 5.41) is 7.55. The van der Waals surface area contributed by atoms with Gasteiger partial charge in [0.05, 0.1) is 22.8 Å². The first-order valence-corrected chi connectivity index (χ1v) is 7.38. The first-order valence-electron chi connectivity index (χ1n) is 6.22. The average molecular weight is 341 g/mol. The van der Waals surface area contributed by atoms with Crippen LogP contribution in [-0.2, 0) is 6.54 Å². The fourth-order valence-electron chi connectivity index (χ4n) is 1.69. The second-order valence-corrected chi connectivity index (χ2v) is 5.45. The quantitative estimate of drug-likeness (QED) is 0.803. The summed E-state index contributed by atoms with van der Waals surface area (Å²) < 4.78 is 5.11. The van der Waals surface area contributed by atoms with Crippen molar-refractivity contribution in [2.75, 3.05) is 12.4 Å². The van der Waals surface area contributed by atoms with Gasteiger partial charge in [-0.05, 0) is 42.0 Å². The van der Waals surface area contributed by atoms with E-state index in [0.29, 0.717) is 27.4 Å². The highest BCUT2D eigenvalue weighted by molar-refractivity contribution is 7.80. The minimum absolute atomic E-state index is 0.452.